The number of ether oxygens (including phenoxy) is 1. The average Bonchev–Trinajstić information content (AvgIpc) is 2.89. The molecule has 1 heterocycles. The number of rotatable bonds is 14. The minimum atomic E-state index is 0.173. The van der Waals surface area contributed by atoms with Crippen LogP contribution >= 0.6 is 0 Å². The number of ketones is 1. The molecule has 2 heteroatoms. The molecule has 0 aromatic heterocycles. The average molecular weight is 511 g/mol. The highest BCUT2D eigenvalue weighted by Crippen LogP contribution is 2.43. The van der Waals surface area contributed by atoms with Gasteiger partial charge in [-0.3, -0.25) is 4.79 Å². The van der Waals surface area contributed by atoms with Gasteiger partial charge < -0.3 is 4.74 Å². The third kappa shape index (κ3) is 9.83. The second-order valence-corrected chi connectivity index (χ2v) is 13.6. The van der Waals surface area contributed by atoms with Gasteiger partial charge in [0, 0.05) is 25.6 Å². The zero-order valence-electron chi connectivity index (χ0n) is 25.0. The molecule has 3 rings (SSSR count). The Hall–Kier alpha value is -1.15. The van der Waals surface area contributed by atoms with Gasteiger partial charge in [0.1, 0.15) is 5.78 Å². The van der Waals surface area contributed by atoms with Crippen molar-refractivity contribution >= 4 is 5.78 Å². The minimum absolute atomic E-state index is 0.173. The molecule has 2 nitrogen and oxygen atoms in total. The number of unbranched alkanes of at least 4 members (excludes halogenated alkanes) is 3. The van der Waals surface area contributed by atoms with Crippen LogP contribution in [0.5, 0.6) is 0 Å². The smallest absolute Gasteiger partial charge is 0.136 e. The Kier molecular flexibility index (Phi) is 12.7. The van der Waals surface area contributed by atoms with Crippen LogP contribution in [0.3, 0.4) is 0 Å². The third-order valence-electron chi connectivity index (χ3n) is 9.48. The zero-order chi connectivity index (χ0) is 26.7. The highest BCUT2D eigenvalue weighted by atomic mass is 16.5. The molecular formula is C35H58O2. The number of carbonyl (C=O) groups excluding carboxylic acids is 1. The Morgan fingerprint density at radius 1 is 0.973 bits per heavy atom. The van der Waals surface area contributed by atoms with Crippen molar-refractivity contribution in [3.8, 4) is 0 Å². The maximum Gasteiger partial charge on any atom is 0.136 e. The first-order valence-corrected chi connectivity index (χ1v) is 16.0. The van der Waals surface area contributed by atoms with E-state index in [0.717, 1.165) is 38.4 Å². The van der Waals surface area contributed by atoms with E-state index in [4.69, 9.17) is 4.74 Å². The van der Waals surface area contributed by atoms with Crippen molar-refractivity contribution in [2.75, 3.05) is 13.2 Å². The zero-order valence-corrected chi connectivity index (χ0v) is 25.0. The summed E-state index contributed by atoms with van der Waals surface area (Å²) in [6.45, 7) is 13.4. The summed E-state index contributed by atoms with van der Waals surface area (Å²) in [5.74, 6) is 3.47. The molecule has 0 radical (unpaired) electrons. The fourth-order valence-electron chi connectivity index (χ4n) is 7.20. The van der Waals surface area contributed by atoms with Gasteiger partial charge in [-0.05, 0) is 85.2 Å². The van der Waals surface area contributed by atoms with E-state index in [1.165, 1.54) is 88.2 Å². The molecule has 0 amide bonds. The van der Waals surface area contributed by atoms with Crippen molar-refractivity contribution in [2.45, 2.75) is 142 Å². The lowest BCUT2D eigenvalue weighted by Crippen LogP contribution is -2.28. The molecule has 4 unspecified atom stereocenters. The molecular weight excluding hydrogens is 452 g/mol. The SMILES string of the molecule is CCCCCCC(c1cccc(C(C)(C)C)c1)C1CCCC(C(=O)CC(CCC)CC2CCOCC2)C1. The molecule has 2 fully saturated rings. The predicted octanol–water partition coefficient (Wildman–Crippen LogP) is 10.0. The maximum atomic E-state index is 13.7. The first-order chi connectivity index (χ1) is 17.8. The molecule has 0 bridgehead atoms. The maximum absolute atomic E-state index is 13.7. The lowest BCUT2D eigenvalue weighted by atomic mass is 9.69. The second kappa shape index (κ2) is 15.4. The van der Waals surface area contributed by atoms with Gasteiger partial charge in [0.2, 0.25) is 0 Å². The number of hydrogen-bond donors (Lipinski definition) is 0. The molecule has 0 spiro atoms. The molecule has 1 aromatic rings. The van der Waals surface area contributed by atoms with Crippen LogP contribution in [0, 0.1) is 23.7 Å². The monoisotopic (exact) mass is 510 g/mol. The van der Waals surface area contributed by atoms with Crippen LogP contribution in [0.4, 0.5) is 0 Å². The van der Waals surface area contributed by atoms with Crippen LogP contribution in [-0.4, -0.2) is 19.0 Å². The Morgan fingerprint density at radius 3 is 2.46 bits per heavy atom. The summed E-state index contributed by atoms with van der Waals surface area (Å²) in [6, 6.07) is 9.47. The largest absolute Gasteiger partial charge is 0.381 e. The summed E-state index contributed by atoms with van der Waals surface area (Å²) < 4.78 is 5.59. The van der Waals surface area contributed by atoms with Crippen LogP contribution < -0.4 is 0 Å². The van der Waals surface area contributed by atoms with Gasteiger partial charge in [-0.15, -0.1) is 0 Å². The Labute approximate surface area is 229 Å². The molecule has 2 aliphatic rings. The van der Waals surface area contributed by atoms with Gasteiger partial charge in [0.25, 0.3) is 0 Å². The normalized spacial score (nSPS) is 23.1. The Morgan fingerprint density at radius 2 is 1.76 bits per heavy atom. The Balaban J connectivity index is 1.68. The molecule has 1 aliphatic carbocycles. The molecule has 1 saturated carbocycles. The van der Waals surface area contributed by atoms with Gasteiger partial charge in [-0.1, -0.05) is 104 Å². The van der Waals surface area contributed by atoms with Gasteiger partial charge in [-0.25, -0.2) is 0 Å². The first kappa shape index (κ1) is 30.4. The van der Waals surface area contributed by atoms with E-state index in [0.29, 0.717) is 23.5 Å². The van der Waals surface area contributed by atoms with Crippen molar-refractivity contribution < 1.29 is 9.53 Å². The number of carbonyl (C=O) groups is 1. The molecule has 37 heavy (non-hydrogen) atoms. The van der Waals surface area contributed by atoms with E-state index in [1.807, 2.05) is 0 Å². The van der Waals surface area contributed by atoms with Crippen molar-refractivity contribution in [1.29, 1.82) is 0 Å². The van der Waals surface area contributed by atoms with Gasteiger partial charge in [0.15, 0.2) is 0 Å². The molecule has 0 N–H and O–H groups in total. The van der Waals surface area contributed by atoms with Crippen molar-refractivity contribution in [2.24, 2.45) is 23.7 Å². The summed E-state index contributed by atoms with van der Waals surface area (Å²) >= 11 is 0. The summed E-state index contributed by atoms with van der Waals surface area (Å²) in [6.07, 6.45) is 18.2. The second-order valence-electron chi connectivity index (χ2n) is 13.6. The topological polar surface area (TPSA) is 26.3 Å². The van der Waals surface area contributed by atoms with Crippen molar-refractivity contribution in [3.05, 3.63) is 35.4 Å². The predicted molar refractivity (Wildman–Crippen MR) is 158 cm³/mol. The van der Waals surface area contributed by atoms with Crippen LogP contribution in [0.15, 0.2) is 24.3 Å². The van der Waals surface area contributed by atoms with Gasteiger partial charge in [0.05, 0.1) is 0 Å². The Bertz CT molecular complexity index is 785. The standard InChI is InChI=1S/C35H58O2/c1-6-8-9-10-18-33(30-15-12-17-32(26-30)35(3,4)5)29-14-11-16-31(25-29)34(36)24-28(13-7-2)23-27-19-21-37-22-20-27/h12,15,17,26-29,31,33H,6-11,13-14,16,18-25H2,1-5H3. The first-order valence-electron chi connectivity index (χ1n) is 16.0. The quantitative estimate of drug-likeness (QED) is 0.233. The highest BCUT2D eigenvalue weighted by Gasteiger charge is 2.33. The summed E-state index contributed by atoms with van der Waals surface area (Å²) in [5.41, 5.74) is 3.15. The van der Waals surface area contributed by atoms with Gasteiger partial charge >= 0.3 is 0 Å². The molecule has 1 saturated heterocycles. The van der Waals surface area contributed by atoms with E-state index in [1.54, 1.807) is 0 Å². The van der Waals surface area contributed by atoms with E-state index >= 15 is 0 Å². The van der Waals surface area contributed by atoms with Crippen LogP contribution in [0.2, 0.25) is 0 Å². The molecule has 210 valence electrons. The van der Waals surface area contributed by atoms with Crippen molar-refractivity contribution in [3.63, 3.8) is 0 Å². The van der Waals surface area contributed by atoms with E-state index in [2.05, 4.69) is 58.9 Å². The fourth-order valence-corrected chi connectivity index (χ4v) is 7.20. The third-order valence-corrected chi connectivity index (χ3v) is 9.48. The summed E-state index contributed by atoms with van der Waals surface area (Å²) in [7, 11) is 0. The highest BCUT2D eigenvalue weighted by molar-refractivity contribution is 5.81. The molecule has 4 atom stereocenters. The summed E-state index contributed by atoms with van der Waals surface area (Å²) in [4.78, 5) is 13.7. The number of hydrogen-bond acceptors (Lipinski definition) is 2. The lowest BCUT2D eigenvalue weighted by molar-refractivity contribution is -0.125. The van der Waals surface area contributed by atoms with E-state index < -0.39 is 0 Å². The van der Waals surface area contributed by atoms with Crippen LogP contribution in [-0.2, 0) is 14.9 Å². The number of benzene rings is 1. The van der Waals surface area contributed by atoms with Crippen LogP contribution in [0.25, 0.3) is 0 Å². The van der Waals surface area contributed by atoms with E-state index in [-0.39, 0.29) is 11.3 Å². The van der Waals surface area contributed by atoms with E-state index in [9.17, 15) is 4.79 Å². The van der Waals surface area contributed by atoms with Crippen LogP contribution in [0.1, 0.15) is 148 Å². The summed E-state index contributed by atoms with van der Waals surface area (Å²) in [5, 5.41) is 0. The van der Waals surface area contributed by atoms with Gasteiger partial charge in [-0.2, -0.15) is 0 Å². The lowest BCUT2D eigenvalue weighted by Gasteiger charge is -2.36. The molecule has 1 aromatic carbocycles. The number of Topliss-reactive ketones (excluding diaryl/α,β-unsaturated/α-hetero) is 1. The van der Waals surface area contributed by atoms with Crippen molar-refractivity contribution in [1.82, 2.24) is 0 Å². The molecule has 1 aliphatic heterocycles. The minimum Gasteiger partial charge on any atom is -0.381 e. The fraction of sp³-hybridized carbons (Fsp3) is 0.800.